The number of aromatic nitrogens is 2. The maximum absolute atomic E-state index is 12.6. The van der Waals surface area contributed by atoms with E-state index in [4.69, 9.17) is 16.1 Å². The van der Waals surface area contributed by atoms with E-state index in [1.54, 1.807) is 30.0 Å². The van der Waals surface area contributed by atoms with Crippen LogP contribution in [0.5, 0.6) is 0 Å². The van der Waals surface area contributed by atoms with Crippen LogP contribution < -0.4 is 0 Å². The summed E-state index contributed by atoms with van der Waals surface area (Å²) in [7, 11) is 0. The van der Waals surface area contributed by atoms with E-state index in [0.29, 0.717) is 28.8 Å². The van der Waals surface area contributed by atoms with Crippen molar-refractivity contribution in [1.82, 2.24) is 15.0 Å². The third kappa shape index (κ3) is 2.29. The molecule has 3 rings (SSSR count). The highest BCUT2D eigenvalue weighted by atomic mass is 35.5. The number of carbonyl (C=O) groups excluding carboxylic acids is 1. The second kappa shape index (κ2) is 5.25. The van der Waals surface area contributed by atoms with E-state index in [0.717, 1.165) is 12.8 Å². The lowest BCUT2D eigenvalue weighted by Crippen LogP contribution is -2.30. The van der Waals surface area contributed by atoms with E-state index < -0.39 is 0 Å². The molecule has 20 heavy (non-hydrogen) atoms. The molecule has 0 bridgehead atoms. The number of carbonyl (C=O) groups is 1. The van der Waals surface area contributed by atoms with Crippen LogP contribution >= 0.6 is 11.6 Å². The largest absolute Gasteiger partial charge is 0.337 e. The van der Waals surface area contributed by atoms with Crippen LogP contribution in [0.25, 0.3) is 0 Å². The lowest BCUT2D eigenvalue weighted by atomic mass is 10.1. The lowest BCUT2D eigenvalue weighted by molar-refractivity contribution is 0.0710. The molecular formula is C14H14ClN3O2. The van der Waals surface area contributed by atoms with Crippen molar-refractivity contribution in [2.24, 2.45) is 0 Å². The molecular weight excluding hydrogens is 278 g/mol. The van der Waals surface area contributed by atoms with E-state index >= 15 is 0 Å². The third-order valence-electron chi connectivity index (χ3n) is 3.45. The molecule has 1 unspecified atom stereocenters. The third-order valence-corrected chi connectivity index (χ3v) is 3.78. The SMILES string of the molecule is Cc1noc(C2CCCN2C(=O)c2ccccc2Cl)n1. The summed E-state index contributed by atoms with van der Waals surface area (Å²) in [6, 6.07) is 6.92. The van der Waals surface area contributed by atoms with Crippen molar-refractivity contribution >= 4 is 17.5 Å². The smallest absolute Gasteiger partial charge is 0.256 e. The zero-order valence-electron chi connectivity index (χ0n) is 11.0. The summed E-state index contributed by atoms with van der Waals surface area (Å²) >= 11 is 6.10. The van der Waals surface area contributed by atoms with Gasteiger partial charge in [0.1, 0.15) is 6.04 Å². The maximum atomic E-state index is 12.6. The number of aryl methyl sites for hydroxylation is 1. The molecule has 1 aromatic heterocycles. The van der Waals surface area contributed by atoms with Gasteiger partial charge in [-0.25, -0.2) is 0 Å². The fraction of sp³-hybridized carbons (Fsp3) is 0.357. The molecule has 2 aromatic rings. The van der Waals surface area contributed by atoms with Crippen molar-refractivity contribution in [2.75, 3.05) is 6.54 Å². The Kier molecular flexibility index (Phi) is 3.44. The summed E-state index contributed by atoms with van der Waals surface area (Å²) in [5, 5.41) is 4.26. The molecule has 0 spiro atoms. The van der Waals surface area contributed by atoms with Crippen LogP contribution in [-0.2, 0) is 0 Å². The Hall–Kier alpha value is -1.88. The minimum atomic E-state index is -0.153. The van der Waals surface area contributed by atoms with E-state index in [2.05, 4.69) is 10.1 Å². The van der Waals surface area contributed by atoms with Crippen LogP contribution in [-0.4, -0.2) is 27.5 Å². The molecule has 1 atom stereocenters. The standard InChI is InChI=1S/C14H14ClN3O2/c1-9-16-13(20-17-9)12-7-4-8-18(12)14(19)10-5-2-3-6-11(10)15/h2-3,5-6,12H,4,7-8H2,1H3. The number of benzene rings is 1. The van der Waals surface area contributed by atoms with Gasteiger partial charge in [0.15, 0.2) is 5.82 Å². The monoisotopic (exact) mass is 291 g/mol. The Morgan fingerprint density at radius 2 is 2.25 bits per heavy atom. The van der Waals surface area contributed by atoms with Gasteiger partial charge in [-0.15, -0.1) is 0 Å². The minimum absolute atomic E-state index is 0.0889. The number of amides is 1. The van der Waals surface area contributed by atoms with Crippen molar-refractivity contribution in [3.05, 3.63) is 46.6 Å². The van der Waals surface area contributed by atoms with Gasteiger partial charge in [-0.1, -0.05) is 28.9 Å². The fourth-order valence-corrected chi connectivity index (χ4v) is 2.72. The molecule has 5 nitrogen and oxygen atoms in total. The van der Waals surface area contributed by atoms with Crippen molar-refractivity contribution in [2.45, 2.75) is 25.8 Å². The van der Waals surface area contributed by atoms with Crippen LogP contribution in [0.3, 0.4) is 0 Å². The zero-order chi connectivity index (χ0) is 14.1. The van der Waals surface area contributed by atoms with Crippen LogP contribution in [0.1, 0.15) is 41.0 Å². The molecule has 1 fully saturated rings. The predicted octanol–water partition coefficient (Wildman–Crippen LogP) is 3.01. The van der Waals surface area contributed by atoms with Gasteiger partial charge in [0.2, 0.25) is 5.89 Å². The summed E-state index contributed by atoms with van der Waals surface area (Å²) in [5.74, 6) is 0.992. The van der Waals surface area contributed by atoms with Gasteiger partial charge in [-0.2, -0.15) is 4.98 Å². The first kappa shape index (κ1) is 13.1. The van der Waals surface area contributed by atoms with Crippen LogP contribution in [0.4, 0.5) is 0 Å². The average molecular weight is 292 g/mol. The molecule has 1 saturated heterocycles. The fourth-order valence-electron chi connectivity index (χ4n) is 2.50. The first-order chi connectivity index (χ1) is 9.66. The van der Waals surface area contributed by atoms with Gasteiger partial charge in [0, 0.05) is 6.54 Å². The summed E-state index contributed by atoms with van der Waals surface area (Å²) in [4.78, 5) is 18.6. The molecule has 1 aliphatic rings. The van der Waals surface area contributed by atoms with Crippen molar-refractivity contribution < 1.29 is 9.32 Å². The molecule has 1 aromatic carbocycles. The number of halogens is 1. The minimum Gasteiger partial charge on any atom is -0.337 e. The normalized spacial score (nSPS) is 18.5. The van der Waals surface area contributed by atoms with Gasteiger partial charge in [-0.05, 0) is 31.9 Å². The van der Waals surface area contributed by atoms with Crippen molar-refractivity contribution in [3.63, 3.8) is 0 Å². The lowest BCUT2D eigenvalue weighted by Gasteiger charge is -2.22. The molecule has 2 heterocycles. The van der Waals surface area contributed by atoms with E-state index in [1.165, 1.54) is 0 Å². The Balaban J connectivity index is 1.89. The molecule has 1 amide bonds. The van der Waals surface area contributed by atoms with Gasteiger partial charge < -0.3 is 9.42 Å². The molecule has 0 N–H and O–H groups in total. The van der Waals surface area contributed by atoms with Crippen LogP contribution in [0.2, 0.25) is 5.02 Å². The molecule has 0 radical (unpaired) electrons. The molecule has 104 valence electrons. The van der Waals surface area contributed by atoms with Gasteiger partial charge in [0.05, 0.1) is 10.6 Å². The number of likely N-dealkylation sites (tertiary alicyclic amines) is 1. The average Bonchev–Trinajstić information content (AvgIpc) is 3.06. The van der Waals surface area contributed by atoms with E-state index in [9.17, 15) is 4.79 Å². The van der Waals surface area contributed by atoms with Gasteiger partial charge in [0.25, 0.3) is 5.91 Å². The van der Waals surface area contributed by atoms with Gasteiger partial charge in [-0.3, -0.25) is 4.79 Å². The molecule has 1 aliphatic heterocycles. The van der Waals surface area contributed by atoms with Gasteiger partial charge >= 0.3 is 0 Å². The van der Waals surface area contributed by atoms with Crippen molar-refractivity contribution in [1.29, 1.82) is 0 Å². The first-order valence-electron chi connectivity index (χ1n) is 6.52. The van der Waals surface area contributed by atoms with E-state index in [-0.39, 0.29) is 11.9 Å². The highest BCUT2D eigenvalue weighted by Gasteiger charge is 2.34. The van der Waals surface area contributed by atoms with Crippen molar-refractivity contribution in [3.8, 4) is 0 Å². The first-order valence-corrected chi connectivity index (χ1v) is 6.90. The summed E-state index contributed by atoms with van der Waals surface area (Å²) in [6.45, 7) is 2.44. The number of rotatable bonds is 2. The van der Waals surface area contributed by atoms with Crippen LogP contribution in [0.15, 0.2) is 28.8 Å². The summed E-state index contributed by atoms with van der Waals surface area (Å²) in [5.41, 5.74) is 0.511. The second-order valence-corrected chi connectivity index (χ2v) is 5.22. The number of hydrogen-bond acceptors (Lipinski definition) is 4. The number of nitrogens with zero attached hydrogens (tertiary/aromatic N) is 3. The predicted molar refractivity (Wildman–Crippen MR) is 73.5 cm³/mol. The number of hydrogen-bond donors (Lipinski definition) is 0. The maximum Gasteiger partial charge on any atom is 0.256 e. The quantitative estimate of drug-likeness (QED) is 0.853. The van der Waals surface area contributed by atoms with Crippen LogP contribution in [0, 0.1) is 6.92 Å². The van der Waals surface area contributed by atoms with E-state index in [1.807, 2.05) is 6.07 Å². The molecule has 0 aliphatic carbocycles. The Labute approximate surface area is 121 Å². The second-order valence-electron chi connectivity index (χ2n) is 4.82. The summed E-state index contributed by atoms with van der Waals surface area (Å²) in [6.07, 6.45) is 1.75. The highest BCUT2D eigenvalue weighted by molar-refractivity contribution is 6.33. The highest BCUT2D eigenvalue weighted by Crippen LogP contribution is 2.33. The summed E-state index contributed by atoms with van der Waals surface area (Å²) < 4.78 is 5.21. The Bertz CT molecular complexity index is 641. The Morgan fingerprint density at radius 3 is 2.95 bits per heavy atom. The Morgan fingerprint density at radius 1 is 1.45 bits per heavy atom. The topological polar surface area (TPSA) is 59.2 Å². The molecule has 6 heteroatoms. The zero-order valence-corrected chi connectivity index (χ0v) is 11.8. The molecule has 0 saturated carbocycles.